The second kappa shape index (κ2) is 5.54. The van der Waals surface area contributed by atoms with Crippen LogP contribution in [-0.2, 0) is 0 Å². The Morgan fingerprint density at radius 3 is 2.00 bits per heavy atom. The van der Waals surface area contributed by atoms with E-state index in [2.05, 4.69) is 54.0 Å². The summed E-state index contributed by atoms with van der Waals surface area (Å²) in [6.07, 6.45) is 5.55. The van der Waals surface area contributed by atoms with Gasteiger partial charge in [0, 0.05) is 12.4 Å². The summed E-state index contributed by atoms with van der Waals surface area (Å²) in [7, 11) is 0. The monoisotopic (exact) mass is 257 g/mol. The van der Waals surface area contributed by atoms with Gasteiger partial charge in [-0.2, -0.15) is 0 Å². The second-order valence-electron chi connectivity index (χ2n) is 4.57. The van der Waals surface area contributed by atoms with Crippen LogP contribution in [0.1, 0.15) is 5.56 Å². The Bertz CT molecular complexity index is 730. The Balaban J connectivity index is 2.23. The van der Waals surface area contributed by atoms with E-state index in [4.69, 9.17) is 0 Å². The van der Waals surface area contributed by atoms with Crippen LogP contribution in [0.25, 0.3) is 28.3 Å². The van der Waals surface area contributed by atoms with Crippen LogP contribution in [0.2, 0.25) is 0 Å². The number of pyridine rings is 1. The third-order valence-electron chi connectivity index (χ3n) is 3.39. The molecule has 96 valence electrons. The maximum absolute atomic E-state index is 4.09. The smallest absolute Gasteiger partial charge is 0.0273 e. The van der Waals surface area contributed by atoms with Crippen molar-refractivity contribution < 1.29 is 0 Å². The maximum Gasteiger partial charge on any atom is 0.0273 e. The first-order valence-corrected chi connectivity index (χ1v) is 6.61. The highest BCUT2D eigenvalue weighted by atomic mass is 14.6. The van der Waals surface area contributed by atoms with E-state index in [1.807, 2.05) is 36.7 Å². The molecule has 20 heavy (non-hydrogen) atoms. The van der Waals surface area contributed by atoms with Gasteiger partial charge in [-0.05, 0) is 39.9 Å². The first-order chi connectivity index (χ1) is 9.90. The van der Waals surface area contributed by atoms with Gasteiger partial charge < -0.3 is 0 Å². The lowest BCUT2D eigenvalue weighted by molar-refractivity contribution is 1.33. The predicted octanol–water partition coefficient (Wildman–Crippen LogP) is 5.06. The van der Waals surface area contributed by atoms with Crippen molar-refractivity contribution in [3.63, 3.8) is 0 Å². The molecule has 0 atom stereocenters. The summed E-state index contributed by atoms with van der Waals surface area (Å²) < 4.78 is 0. The van der Waals surface area contributed by atoms with Crippen molar-refractivity contribution in [2.45, 2.75) is 0 Å². The summed E-state index contributed by atoms with van der Waals surface area (Å²) >= 11 is 0. The van der Waals surface area contributed by atoms with E-state index < -0.39 is 0 Å². The Morgan fingerprint density at radius 1 is 0.700 bits per heavy atom. The highest BCUT2D eigenvalue weighted by molar-refractivity contribution is 5.87. The van der Waals surface area contributed by atoms with Gasteiger partial charge >= 0.3 is 0 Å². The quantitative estimate of drug-likeness (QED) is 0.639. The van der Waals surface area contributed by atoms with E-state index in [1.54, 1.807) is 0 Å². The van der Waals surface area contributed by atoms with Gasteiger partial charge in [-0.1, -0.05) is 61.2 Å². The Hall–Kier alpha value is -2.67. The fraction of sp³-hybridized carbons (Fsp3) is 0. The summed E-state index contributed by atoms with van der Waals surface area (Å²) in [5.41, 5.74) is 5.96. The molecule has 0 aliphatic heterocycles. The first-order valence-electron chi connectivity index (χ1n) is 6.61. The number of hydrogen-bond acceptors (Lipinski definition) is 1. The van der Waals surface area contributed by atoms with Crippen molar-refractivity contribution in [2.24, 2.45) is 0 Å². The standard InChI is InChI=1S/C19H15N/c1-2-15-7-3-4-8-17(15)19-10-6-5-9-18(19)16-11-13-20-14-12-16/h2-14H,1H2. The molecule has 0 aliphatic carbocycles. The van der Waals surface area contributed by atoms with E-state index in [0.29, 0.717) is 0 Å². The first kappa shape index (κ1) is 12.4. The van der Waals surface area contributed by atoms with E-state index in [-0.39, 0.29) is 0 Å². The molecule has 0 fully saturated rings. The van der Waals surface area contributed by atoms with Crippen LogP contribution >= 0.6 is 0 Å². The molecular formula is C19H15N. The summed E-state index contributed by atoms with van der Waals surface area (Å²) in [4.78, 5) is 4.09. The number of nitrogens with zero attached hydrogens (tertiary/aromatic N) is 1. The topological polar surface area (TPSA) is 12.9 Å². The minimum atomic E-state index is 1.15. The maximum atomic E-state index is 4.09. The Labute approximate surface area is 119 Å². The molecule has 0 N–H and O–H groups in total. The van der Waals surface area contributed by atoms with Gasteiger partial charge in [0.2, 0.25) is 0 Å². The van der Waals surface area contributed by atoms with Crippen molar-refractivity contribution in [3.8, 4) is 22.3 Å². The molecule has 3 aromatic rings. The molecule has 0 saturated heterocycles. The zero-order valence-corrected chi connectivity index (χ0v) is 11.2. The summed E-state index contributed by atoms with van der Waals surface area (Å²) in [6.45, 7) is 3.91. The second-order valence-corrected chi connectivity index (χ2v) is 4.57. The molecule has 0 unspecified atom stereocenters. The van der Waals surface area contributed by atoms with E-state index in [0.717, 1.165) is 5.56 Å². The molecule has 3 rings (SSSR count). The molecule has 0 bridgehead atoms. The molecule has 1 nitrogen and oxygen atoms in total. The molecule has 1 heterocycles. The van der Waals surface area contributed by atoms with Gasteiger partial charge in [0.25, 0.3) is 0 Å². The van der Waals surface area contributed by atoms with Gasteiger partial charge in [-0.15, -0.1) is 0 Å². The van der Waals surface area contributed by atoms with Crippen molar-refractivity contribution in [2.75, 3.05) is 0 Å². The lowest BCUT2D eigenvalue weighted by Crippen LogP contribution is -1.87. The average Bonchev–Trinajstić information content (AvgIpc) is 2.55. The average molecular weight is 257 g/mol. The van der Waals surface area contributed by atoms with Crippen molar-refractivity contribution >= 4 is 6.08 Å². The van der Waals surface area contributed by atoms with Gasteiger partial charge in [0.15, 0.2) is 0 Å². The normalized spacial score (nSPS) is 10.2. The summed E-state index contributed by atoms with van der Waals surface area (Å²) in [6, 6.07) is 20.8. The summed E-state index contributed by atoms with van der Waals surface area (Å²) in [5, 5.41) is 0. The van der Waals surface area contributed by atoms with Crippen molar-refractivity contribution in [1.29, 1.82) is 0 Å². The van der Waals surface area contributed by atoms with E-state index in [9.17, 15) is 0 Å². The third kappa shape index (κ3) is 2.26. The van der Waals surface area contributed by atoms with Crippen LogP contribution in [0.5, 0.6) is 0 Å². The molecule has 0 saturated carbocycles. The van der Waals surface area contributed by atoms with Crippen LogP contribution in [0.15, 0.2) is 79.6 Å². The van der Waals surface area contributed by atoms with E-state index >= 15 is 0 Å². The third-order valence-corrected chi connectivity index (χ3v) is 3.39. The van der Waals surface area contributed by atoms with Crippen LogP contribution in [0.3, 0.4) is 0 Å². The van der Waals surface area contributed by atoms with Crippen LogP contribution < -0.4 is 0 Å². The van der Waals surface area contributed by atoms with Crippen LogP contribution in [0, 0.1) is 0 Å². The molecule has 0 aliphatic rings. The lowest BCUT2D eigenvalue weighted by atomic mass is 9.92. The Kier molecular flexibility index (Phi) is 3.42. The molecule has 0 spiro atoms. The van der Waals surface area contributed by atoms with Gasteiger partial charge in [-0.25, -0.2) is 0 Å². The molecule has 0 amide bonds. The Morgan fingerprint density at radius 2 is 1.30 bits per heavy atom. The minimum Gasteiger partial charge on any atom is -0.265 e. The zero-order chi connectivity index (χ0) is 13.8. The van der Waals surface area contributed by atoms with Gasteiger partial charge in [0.1, 0.15) is 0 Å². The molecule has 1 aromatic heterocycles. The summed E-state index contributed by atoms with van der Waals surface area (Å²) in [5.74, 6) is 0. The zero-order valence-electron chi connectivity index (χ0n) is 11.2. The van der Waals surface area contributed by atoms with Crippen molar-refractivity contribution in [3.05, 3.63) is 85.2 Å². The van der Waals surface area contributed by atoms with Gasteiger partial charge in [-0.3, -0.25) is 4.98 Å². The molecular weight excluding hydrogens is 242 g/mol. The van der Waals surface area contributed by atoms with E-state index in [1.165, 1.54) is 22.3 Å². The number of aromatic nitrogens is 1. The van der Waals surface area contributed by atoms with Crippen molar-refractivity contribution in [1.82, 2.24) is 4.98 Å². The lowest BCUT2D eigenvalue weighted by Gasteiger charge is -2.12. The fourth-order valence-electron chi connectivity index (χ4n) is 2.42. The largest absolute Gasteiger partial charge is 0.265 e. The molecule has 1 heteroatoms. The molecule has 2 aromatic carbocycles. The predicted molar refractivity (Wildman–Crippen MR) is 85.2 cm³/mol. The number of benzene rings is 2. The number of rotatable bonds is 3. The minimum absolute atomic E-state index is 1.15. The highest BCUT2D eigenvalue weighted by Gasteiger charge is 2.08. The fourth-order valence-corrected chi connectivity index (χ4v) is 2.42. The highest BCUT2D eigenvalue weighted by Crippen LogP contribution is 2.33. The van der Waals surface area contributed by atoms with Crippen LogP contribution in [0.4, 0.5) is 0 Å². The molecule has 0 radical (unpaired) electrons. The van der Waals surface area contributed by atoms with Gasteiger partial charge in [0.05, 0.1) is 0 Å². The SMILES string of the molecule is C=Cc1ccccc1-c1ccccc1-c1ccncc1. The van der Waals surface area contributed by atoms with Crippen LogP contribution in [-0.4, -0.2) is 4.98 Å². The number of hydrogen-bond donors (Lipinski definition) is 0.